The molecule has 0 saturated heterocycles. The number of rotatable bonds is 10. The maximum atomic E-state index is 14.7. The van der Waals surface area contributed by atoms with Gasteiger partial charge >= 0.3 is 6.09 Å². The molecular weight excluding hydrogens is 542 g/mol. The molecule has 3 N–H and O–H groups in total. The summed E-state index contributed by atoms with van der Waals surface area (Å²) in [6.07, 6.45) is 0.451. The van der Waals surface area contributed by atoms with E-state index in [1.807, 2.05) is 77.1 Å². The van der Waals surface area contributed by atoms with Crippen LogP contribution < -0.4 is 10.6 Å². The maximum absolute atomic E-state index is 14.7. The number of fused-ring (bicyclic) bond motifs is 1. The molecule has 8 heteroatoms. The molecule has 3 unspecified atom stereocenters. The molecule has 0 saturated carbocycles. The van der Waals surface area contributed by atoms with E-state index in [2.05, 4.69) is 10.6 Å². The molecule has 3 atom stereocenters. The zero-order valence-electron chi connectivity index (χ0n) is 26.9. The van der Waals surface area contributed by atoms with E-state index in [9.17, 15) is 19.5 Å². The van der Waals surface area contributed by atoms with Gasteiger partial charge in [-0.1, -0.05) is 63.6 Å². The molecule has 0 radical (unpaired) electrons. The van der Waals surface area contributed by atoms with Crippen LogP contribution in [0.1, 0.15) is 85.4 Å². The van der Waals surface area contributed by atoms with Crippen LogP contribution in [0.2, 0.25) is 0 Å². The van der Waals surface area contributed by atoms with Gasteiger partial charge in [-0.3, -0.25) is 9.59 Å². The lowest BCUT2D eigenvalue weighted by Gasteiger charge is -2.45. The lowest BCUT2D eigenvalue weighted by molar-refractivity contribution is -0.148. The lowest BCUT2D eigenvalue weighted by Crippen LogP contribution is -2.60. The Morgan fingerprint density at radius 1 is 0.930 bits per heavy atom. The van der Waals surface area contributed by atoms with Crippen LogP contribution in [0.3, 0.4) is 0 Å². The molecule has 0 bridgehead atoms. The summed E-state index contributed by atoms with van der Waals surface area (Å²) in [5, 5.41) is 18.2. The molecule has 0 heterocycles. The molecule has 43 heavy (non-hydrogen) atoms. The zero-order chi connectivity index (χ0) is 32.1. The van der Waals surface area contributed by atoms with E-state index in [4.69, 9.17) is 4.74 Å². The van der Waals surface area contributed by atoms with Crippen molar-refractivity contribution in [2.45, 2.75) is 98.4 Å². The van der Waals surface area contributed by atoms with Crippen molar-refractivity contribution < 1.29 is 24.2 Å². The first kappa shape index (κ1) is 33.4. The number of nitrogens with zero attached hydrogens (tertiary/aromatic N) is 1. The highest BCUT2D eigenvalue weighted by Crippen LogP contribution is 2.35. The van der Waals surface area contributed by atoms with Gasteiger partial charge in [-0.25, -0.2) is 4.79 Å². The second kappa shape index (κ2) is 13.5. The molecule has 0 fully saturated rings. The minimum absolute atomic E-state index is 0.0918. The average molecular weight is 590 g/mol. The van der Waals surface area contributed by atoms with E-state index in [-0.39, 0.29) is 11.7 Å². The van der Waals surface area contributed by atoms with Gasteiger partial charge in [0.1, 0.15) is 23.4 Å². The number of carbonyl (C=O) groups is 3. The van der Waals surface area contributed by atoms with Gasteiger partial charge in [0.15, 0.2) is 0 Å². The van der Waals surface area contributed by atoms with Crippen LogP contribution >= 0.6 is 0 Å². The van der Waals surface area contributed by atoms with E-state index < -0.39 is 41.1 Å². The molecular formula is C35H47N3O5. The summed E-state index contributed by atoms with van der Waals surface area (Å²) in [5.41, 5.74) is 0.171. The minimum atomic E-state index is -1.07. The molecule has 3 rings (SSSR count). The second-order valence-electron chi connectivity index (χ2n) is 12.9. The number of hydrogen-bond donors (Lipinski definition) is 3. The van der Waals surface area contributed by atoms with Crippen molar-refractivity contribution in [3.63, 3.8) is 0 Å². The third-order valence-electron chi connectivity index (χ3n) is 7.97. The highest BCUT2D eigenvalue weighted by Gasteiger charge is 2.44. The summed E-state index contributed by atoms with van der Waals surface area (Å²) in [6, 6.07) is 16.5. The van der Waals surface area contributed by atoms with Crippen LogP contribution in [0.5, 0.6) is 5.75 Å². The topological polar surface area (TPSA) is 108 Å². The standard InChI is InChI=1S/C35H47N3O5/c1-10-22(3)29(37-33(42)43-34(5,6)7)32(41)38(35(8,9)11-2)30(26-17-19-28(39)23(4)20-26)31(40)36-27-18-16-24-14-12-13-15-25(24)21-27/h12-22,29-30,39H,10-11H2,1-9H3,(H,36,40)(H,37,42). The van der Waals surface area contributed by atoms with E-state index in [0.717, 1.165) is 10.8 Å². The van der Waals surface area contributed by atoms with Gasteiger partial charge in [0.25, 0.3) is 5.91 Å². The van der Waals surface area contributed by atoms with Crippen LogP contribution in [0, 0.1) is 12.8 Å². The number of aromatic hydroxyl groups is 1. The van der Waals surface area contributed by atoms with Gasteiger partial charge in [0, 0.05) is 11.2 Å². The van der Waals surface area contributed by atoms with Crippen LogP contribution in [0.15, 0.2) is 60.7 Å². The Bertz CT molecular complexity index is 1460. The van der Waals surface area contributed by atoms with Gasteiger partial charge in [-0.2, -0.15) is 0 Å². The number of benzene rings is 3. The van der Waals surface area contributed by atoms with Crippen LogP contribution in [0.25, 0.3) is 10.8 Å². The summed E-state index contributed by atoms with van der Waals surface area (Å²) in [5.74, 6) is -0.957. The van der Waals surface area contributed by atoms with Gasteiger partial charge in [0.2, 0.25) is 5.91 Å². The molecule has 8 nitrogen and oxygen atoms in total. The first-order valence-electron chi connectivity index (χ1n) is 15.0. The summed E-state index contributed by atoms with van der Waals surface area (Å²) in [7, 11) is 0. The predicted octanol–water partition coefficient (Wildman–Crippen LogP) is 7.49. The highest BCUT2D eigenvalue weighted by molar-refractivity contribution is 6.00. The number of carbonyl (C=O) groups excluding carboxylic acids is 3. The number of hydrogen-bond acceptors (Lipinski definition) is 5. The molecule has 3 amide bonds. The lowest BCUT2D eigenvalue weighted by atomic mass is 9.89. The predicted molar refractivity (Wildman–Crippen MR) is 172 cm³/mol. The Morgan fingerprint density at radius 2 is 1.58 bits per heavy atom. The zero-order valence-corrected chi connectivity index (χ0v) is 26.9. The van der Waals surface area contributed by atoms with Gasteiger partial charge < -0.3 is 25.4 Å². The van der Waals surface area contributed by atoms with Crippen molar-refractivity contribution in [1.82, 2.24) is 10.2 Å². The quantitative estimate of drug-likeness (QED) is 0.227. The minimum Gasteiger partial charge on any atom is -0.508 e. The van der Waals surface area contributed by atoms with Crippen molar-refractivity contribution in [2.24, 2.45) is 5.92 Å². The third-order valence-corrected chi connectivity index (χ3v) is 7.97. The highest BCUT2D eigenvalue weighted by atomic mass is 16.6. The van der Waals surface area contributed by atoms with Gasteiger partial charge in [-0.05, 0) is 100 Å². The Kier molecular flexibility index (Phi) is 10.5. The van der Waals surface area contributed by atoms with Crippen LogP contribution in [-0.2, 0) is 14.3 Å². The Hall–Kier alpha value is -4.07. The fraction of sp³-hybridized carbons (Fsp3) is 0.457. The molecule has 232 valence electrons. The normalized spacial score (nSPS) is 14.0. The molecule has 0 aliphatic carbocycles. The summed E-state index contributed by atoms with van der Waals surface area (Å²) in [4.78, 5) is 43.5. The molecule has 0 aliphatic rings. The van der Waals surface area contributed by atoms with Gasteiger partial charge in [0.05, 0.1) is 0 Å². The number of phenolic OH excluding ortho intramolecular Hbond substituents is 1. The van der Waals surface area contributed by atoms with Crippen molar-refractivity contribution in [2.75, 3.05) is 5.32 Å². The van der Waals surface area contributed by atoms with Crippen molar-refractivity contribution >= 4 is 34.4 Å². The van der Waals surface area contributed by atoms with Crippen LogP contribution in [0.4, 0.5) is 10.5 Å². The molecule has 3 aromatic rings. The molecule has 0 spiro atoms. The van der Waals surface area contributed by atoms with Gasteiger partial charge in [-0.15, -0.1) is 0 Å². The largest absolute Gasteiger partial charge is 0.508 e. The number of aryl methyl sites for hydroxylation is 1. The number of anilines is 1. The van der Waals surface area contributed by atoms with E-state index in [0.29, 0.717) is 29.7 Å². The Labute approximate surface area is 255 Å². The van der Waals surface area contributed by atoms with Crippen molar-refractivity contribution in [1.29, 1.82) is 0 Å². The second-order valence-corrected chi connectivity index (χ2v) is 12.9. The molecule has 3 aromatic carbocycles. The number of phenols is 1. The Balaban J connectivity index is 2.15. The Morgan fingerprint density at radius 3 is 2.16 bits per heavy atom. The molecule has 0 aliphatic heterocycles. The summed E-state index contributed by atoms with van der Waals surface area (Å²) < 4.78 is 5.51. The molecule has 0 aromatic heterocycles. The smallest absolute Gasteiger partial charge is 0.408 e. The van der Waals surface area contributed by atoms with E-state index in [1.54, 1.807) is 44.7 Å². The van der Waals surface area contributed by atoms with Crippen molar-refractivity contribution in [3.05, 3.63) is 71.8 Å². The number of amides is 3. The summed E-state index contributed by atoms with van der Waals surface area (Å²) in [6.45, 7) is 16.7. The fourth-order valence-electron chi connectivity index (χ4n) is 4.96. The first-order valence-corrected chi connectivity index (χ1v) is 15.0. The maximum Gasteiger partial charge on any atom is 0.408 e. The SMILES string of the molecule is CCC(C)C(NC(=O)OC(C)(C)C)C(=O)N(C(C(=O)Nc1ccc2ccccc2c1)c1ccc(O)c(C)c1)C(C)(C)CC. The average Bonchev–Trinajstić information content (AvgIpc) is 2.94. The summed E-state index contributed by atoms with van der Waals surface area (Å²) >= 11 is 0. The number of ether oxygens (including phenoxy) is 1. The third kappa shape index (κ3) is 8.27. The van der Waals surface area contributed by atoms with Crippen molar-refractivity contribution in [3.8, 4) is 5.75 Å². The number of alkyl carbamates (subject to hydrolysis) is 1. The van der Waals surface area contributed by atoms with Crippen LogP contribution in [-0.4, -0.2) is 45.1 Å². The fourth-order valence-corrected chi connectivity index (χ4v) is 4.96. The van der Waals surface area contributed by atoms with E-state index >= 15 is 0 Å². The first-order chi connectivity index (χ1) is 20.1. The number of nitrogens with one attached hydrogen (secondary N) is 2. The van der Waals surface area contributed by atoms with E-state index in [1.165, 1.54) is 6.07 Å². The monoisotopic (exact) mass is 589 g/mol.